The van der Waals surface area contributed by atoms with Crippen molar-refractivity contribution in [3.8, 4) is 23.1 Å². The molecule has 8 nitrogen and oxygen atoms in total. The minimum Gasteiger partial charge on any atom is -0.439 e. The van der Waals surface area contributed by atoms with Gasteiger partial charge < -0.3 is 19.5 Å². The van der Waals surface area contributed by atoms with Crippen LogP contribution in [0.5, 0.6) is 11.6 Å². The zero-order valence-corrected chi connectivity index (χ0v) is 20.9. The lowest BCUT2D eigenvalue weighted by Gasteiger charge is -2.41. The molecule has 2 aliphatic rings. The van der Waals surface area contributed by atoms with Gasteiger partial charge in [-0.15, -0.1) is 0 Å². The maximum Gasteiger partial charge on any atom is 0.219 e. The third-order valence-electron chi connectivity index (χ3n) is 7.82. The number of fused-ring (bicyclic) bond motifs is 2. The van der Waals surface area contributed by atoms with Crippen LogP contribution in [-0.4, -0.2) is 62.3 Å². The largest absolute Gasteiger partial charge is 0.439 e. The van der Waals surface area contributed by atoms with Crippen molar-refractivity contribution in [1.29, 1.82) is 0 Å². The first-order valence-corrected chi connectivity index (χ1v) is 13.4. The number of nitrogens with zero attached hydrogens (tertiary/aromatic N) is 5. The van der Waals surface area contributed by atoms with Gasteiger partial charge in [-0.05, 0) is 81.2 Å². The van der Waals surface area contributed by atoms with Crippen LogP contribution in [0, 0.1) is 0 Å². The van der Waals surface area contributed by atoms with Gasteiger partial charge in [0.15, 0.2) is 5.82 Å². The van der Waals surface area contributed by atoms with E-state index in [1.807, 2.05) is 36.4 Å². The maximum absolute atomic E-state index is 5.94. The van der Waals surface area contributed by atoms with Crippen molar-refractivity contribution in [3.05, 3.63) is 60.8 Å². The fourth-order valence-corrected chi connectivity index (χ4v) is 5.84. The second-order valence-electron chi connectivity index (χ2n) is 10.2. The van der Waals surface area contributed by atoms with Crippen molar-refractivity contribution in [3.63, 3.8) is 0 Å². The highest BCUT2D eigenvalue weighted by Crippen LogP contribution is 2.32. The van der Waals surface area contributed by atoms with Crippen molar-refractivity contribution < 1.29 is 4.74 Å². The summed E-state index contributed by atoms with van der Waals surface area (Å²) in [5, 5.41) is 8.64. The van der Waals surface area contributed by atoms with E-state index in [0.29, 0.717) is 11.6 Å². The lowest BCUT2D eigenvalue weighted by molar-refractivity contribution is 0.141. The Hall–Kier alpha value is -3.91. The summed E-state index contributed by atoms with van der Waals surface area (Å²) in [5.41, 5.74) is 4.95. The molecule has 188 valence electrons. The summed E-state index contributed by atoms with van der Waals surface area (Å²) in [5.74, 6) is 2.01. The van der Waals surface area contributed by atoms with Crippen molar-refractivity contribution in [2.45, 2.75) is 38.1 Å². The van der Waals surface area contributed by atoms with Crippen LogP contribution < -0.4 is 9.64 Å². The summed E-state index contributed by atoms with van der Waals surface area (Å²) in [6, 6.07) is 18.8. The molecule has 2 N–H and O–H groups in total. The second kappa shape index (κ2) is 9.52. The molecule has 2 aliphatic heterocycles. The van der Waals surface area contributed by atoms with Crippen LogP contribution in [0.25, 0.3) is 33.5 Å². The Balaban J connectivity index is 1.12. The first-order chi connectivity index (χ1) is 18.3. The average molecular weight is 494 g/mol. The van der Waals surface area contributed by atoms with Crippen LogP contribution in [0.3, 0.4) is 0 Å². The van der Waals surface area contributed by atoms with Gasteiger partial charge in [-0.3, -0.25) is 5.10 Å². The quantitative estimate of drug-likeness (QED) is 0.324. The smallest absolute Gasteiger partial charge is 0.219 e. The number of rotatable bonds is 5. The normalized spacial score (nSPS) is 17.6. The van der Waals surface area contributed by atoms with Gasteiger partial charge in [-0.1, -0.05) is 12.5 Å². The van der Waals surface area contributed by atoms with Crippen LogP contribution in [0.4, 0.5) is 5.69 Å². The Morgan fingerprint density at radius 1 is 0.865 bits per heavy atom. The second-order valence-corrected chi connectivity index (χ2v) is 10.2. The topological polar surface area (TPSA) is 86.0 Å². The predicted molar refractivity (Wildman–Crippen MR) is 146 cm³/mol. The zero-order valence-electron chi connectivity index (χ0n) is 20.9. The number of aromatic amines is 2. The summed E-state index contributed by atoms with van der Waals surface area (Å²) < 4.78 is 5.94. The van der Waals surface area contributed by atoms with E-state index in [4.69, 9.17) is 9.72 Å². The molecule has 3 aromatic heterocycles. The number of benzene rings is 2. The highest BCUT2D eigenvalue weighted by Gasteiger charge is 2.26. The molecule has 5 aromatic rings. The molecule has 2 fully saturated rings. The number of aromatic nitrogens is 5. The molecule has 2 saturated heterocycles. The molecule has 0 aliphatic carbocycles. The van der Waals surface area contributed by atoms with E-state index >= 15 is 0 Å². The molecule has 8 heteroatoms. The van der Waals surface area contributed by atoms with Crippen LogP contribution in [0.15, 0.2) is 60.8 Å². The summed E-state index contributed by atoms with van der Waals surface area (Å²) in [7, 11) is 0. The number of likely N-dealkylation sites (tertiary alicyclic amines) is 1. The van der Waals surface area contributed by atoms with Gasteiger partial charge in [0, 0.05) is 42.5 Å². The average Bonchev–Trinajstić information content (AvgIpc) is 3.57. The molecule has 2 aromatic carbocycles. The number of ether oxygens (including phenoxy) is 1. The molecule has 5 heterocycles. The van der Waals surface area contributed by atoms with Gasteiger partial charge in [0.25, 0.3) is 0 Å². The Bertz CT molecular complexity index is 1510. The first-order valence-electron chi connectivity index (χ1n) is 13.4. The van der Waals surface area contributed by atoms with Crippen LogP contribution in [0.1, 0.15) is 32.1 Å². The molecular formula is C29H31N7O. The number of hydrogen-bond donors (Lipinski definition) is 2. The molecule has 37 heavy (non-hydrogen) atoms. The zero-order chi connectivity index (χ0) is 24.6. The van der Waals surface area contributed by atoms with Gasteiger partial charge in [-0.2, -0.15) is 5.10 Å². The fourth-order valence-electron chi connectivity index (χ4n) is 5.84. The van der Waals surface area contributed by atoms with Crippen LogP contribution in [-0.2, 0) is 0 Å². The third kappa shape index (κ3) is 4.42. The molecule has 0 bridgehead atoms. The number of imidazole rings is 1. The van der Waals surface area contributed by atoms with Gasteiger partial charge in [0.05, 0.1) is 16.6 Å². The molecule has 0 saturated carbocycles. The molecule has 0 amide bonds. The van der Waals surface area contributed by atoms with Gasteiger partial charge in [0.1, 0.15) is 11.4 Å². The number of hydrogen-bond acceptors (Lipinski definition) is 6. The van der Waals surface area contributed by atoms with E-state index in [-0.39, 0.29) is 0 Å². The Morgan fingerprint density at radius 3 is 2.59 bits per heavy atom. The lowest BCUT2D eigenvalue weighted by atomic mass is 9.99. The predicted octanol–water partition coefficient (Wildman–Crippen LogP) is 5.75. The number of pyridine rings is 1. The highest BCUT2D eigenvalue weighted by atomic mass is 16.5. The Labute approximate surface area is 215 Å². The Morgan fingerprint density at radius 2 is 1.76 bits per heavy atom. The van der Waals surface area contributed by atoms with Gasteiger partial charge in [0.2, 0.25) is 5.88 Å². The number of H-pyrrole nitrogens is 2. The van der Waals surface area contributed by atoms with E-state index in [0.717, 1.165) is 52.6 Å². The third-order valence-corrected chi connectivity index (χ3v) is 7.82. The van der Waals surface area contributed by atoms with Crippen LogP contribution in [0.2, 0.25) is 0 Å². The van der Waals surface area contributed by atoms with E-state index in [9.17, 15) is 0 Å². The summed E-state index contributed by atoms with van der Waals surface area (Å²) in [6.45, 7) is 4.78. The van der Waals surface area contributed by atoms with Crippen molar-refractivity contribution in [2.24, 2.45) is 0 Å². The van der Waals surface area contributed by atoms with E-state index < -0.39 is 0 Å². The van der Waals surface area contributed by atoms with Gasteiger partial charge in [-0.25, -0.2) is 9.97 Å². The number of piperidine rings is 2. The molecule has 0 radical (unpaired) electrons. The summed E-state index contributed by atoms with van der Waals surface area (Å²) in [4.78, 5) is 17.9. The Kier molecular flexibility index (Phi) is 5.74. The van der Waals surface area contributed by atoms with Crippen LogP contribution >= 0.6 is 0 Å². The number of anilines is 1. The monoisotopic (exact) mass is 493 g/mol. The van der Waals surface area contributed by atoms with Crippen molar-refractivity contribution in [2.75, 3.05) is 31.1 Å². The number of nitrogens with one attached hydrogen (secondary N) is 2. The highest BCUT2D eigenvalue weighted by molar-refractivity contribution is 5.94. The first kappa shape index (κ1) is 22.3. The van der Waals surface area contributed by atoms with Crippen molar-refractivity contribution >= 4 is 27.6 Å². The molecule has 0 atom stereocenters. The van der Waals surface area contributed by atoms with E-state index in [1.54, 1.807) is 6.20 Å². The molecule has 0 unspecified atom stereocenters. The SMILES string of the molecule is c1ccc(Oc2ccc3[nH]nc(-c4nc5ccc(N6CCC(N7CCCCC7)CC6)cc5[nH]4)c3c2)nc1. The maximum atomic E-state index is 5.94. The fraction of sp³-hybridized carbons (Fsp3) is 0.345. The standard InChI is InChI=1S/C29H31N7O/c1-4-14-35(15-5-1)20-11-16-36(17-12-20)21-7-9-25-26(18-21)32-29(31-25)28-23-19-22(8-10-24(23)33-34-28)37-27-6-2-3-13-30-27/h2-3,6-10,13,18-20H,1,4-5,11-12,14-17H2,(H,31,32)(H,33,34). The summed E-state index contributed by atoms with van der Waals surface area (Å²) in [6.07, 6.45) is 8.33. The minimum absolute atomic E-state index is 0.558. The van der Waals surface area contributed by atoms with Crippen molar-refractivity contribution in [1.82, 2.24) is 30.0 Å². The lowest BCUT2D eigenvalue weighted by Crippen LogP contribution is -2.46. The van der Waals surface area contributed by atoms with E-state index in [1.165, 1.54) is 50.9 Å². The summed E-state index contributed by atoms with van der Waals surface area (Å²) >= 11 is 0. The van der Waals surface area contributed by atoms with Gasteiger partial charge >= 0.3 is 0 Å². The molecule has 0 spiro atoms. The minimum atomic E-state index is 0.558. The molecular weight excluding hydrogens is 462 g/mol. The van der Waals surface area contributed by atoms with E-state index in [2.05, 4.69) is 48.2 Å². The molecule has 7 rings (SSSR count).